The lowest BCUT2D eigenvalue weighted by Gasteiger charge is -2.13. The summed E-state index contributed by atoms with van der Waals surface area (Å²) in [5.74, 6) is -0.874. The Bertz CT molecular complexity index is 807. The van der Waals surface area contributed by atoms with Crippen molar-refractivity contribution in [3.63, 3.8) is 0 Å². The summed E-state index contributed by atoms with van der Waals surface area (Å²) in [6.45, 7) is 1.16. The number of hydrogen-bond donors (Lipinski definition) is 1. The molecule has 1 N–H and O–H groups in total. The summed E-state index contributed by atoms with van der Waals surface area (Å²) in [5.41, 5.74) is -2.02. The quantitative estimate of drug-likeness (QED) is 0.817. The van der Waals surface area contributed by atoms with Crippen molar-refractivity contribution in [2.45, 2.75) is 18.0 Å². The van der Waals surface area contributed by atoms with E-state index in [1.54, 1.807) is 0 Å². The molecule has 2 rings (SSSR count). The molecule has 0 fully saturated rings. The van der Waals surface area contributed by atoms with Gasteiger partial charge in [0.25, 0.3) is 5.91 Å². The molecule has 2 heterocycles. The van der Waals surface area contributed by atoms with Gasteiger partial charge < -0.3 is 4.90 Å². The predicted octanol–water partition coefficient (Wildman–Crippen LogP) is 2.48. The van der Waals surface area contributed by atoms with E-state index in [-0.39, 0.29) is 26.9 Å². The second kappa shape index (κ2) is 5.75. The number of halogens is 3. The van der Waals surface area contributed by atoms with Crippen molar-refractivity contribution in [2.24, 2.45) is 0 Å². The van der Waals surface area contributed by atoms with Gasteiger partial charge in [0, 0.05) is 13.6 Å². The number of nitrogens with zero attached hydrogens (tertiary/aromatic N) is 1. The number of fused-ring (bicyclic) bond motifs is 1. The predicted molar refractivity (Wildman–Crippen MR) is 80.0 cm³/mol. The minimum atomic E-state index is -4.73. The third-order valence-electron chi connectivity index (χ3n) is 3.38. The van der Waals surface area contributed by atoms with Gasteiger partial charge in [-0.3, -0.25) is 10.2 Å². The van der Waals surface area contributed by atoms with Crippen LogP contribution in [-0.2, 0) is 9.84 Å². The molecule has 23 heavy (non-hydrogen) atoms. The summed E-state index contributed by atoms with van der Waals surface area (Å²) in [5, 5.41) is 7.73. The maximum Gasteiger partial charge on any atom is 0.418 e. The number of rotatable bonds is 2. The van der Waals surface area contributed by atoms with Crippen LogP contribution in [0.2, 0.25) is 0 Å². The van der Waals surface area contributed by atoms with E-state index in [2.05, 4.69) is 0 Å². The molecule has 10 heteroatoms. The van der Waals surface area contributed by atoms with Crippen molar-refractivity contribution in [1.82, 2.24) is 4.90 Å². The lowest BCUT2D eigenvalue weighted by Crippen LogP contribution is -2.27. The first-order valence-corrected chi connectivity index (χ1v) is 8.90. The Morgan fingerprint density at radius 2 is 2.04 bits per heavy atom. The number of allylic oxidation sites excluding steroid dienone is 2. The van der Waals surface area contributed by atoms with Gasteiger partial charge in [0.2, 0.25) is 0 Å². The minimum Gasteiger partial charge on any atom is -0.340 e. The Kier molecular flexibility index (Phi) is 4.42. The number of nitrogens with one attached hydrogen (secondary N) is 1. The summed E-state index contributed by atoms with van der Waals surface area (Å²) >= 11 is 0.595. The third kappa shape index (κ3) is 3.18. The van der Waals surface area contributed by atoms with Gasteiger partial charge in [-0.25, -0.2) is 8.42 Å². The largest absolute Gasteiger partial charge is 0.418 e. The fourth-order valence-electron chi connectivity index (χ4n) is 2.10. The molecule has 1 amide bonds. The highest BCUT2D eigenvalue weighted by Gasteiger charge is 2.38. The van der Waals surface area contributed by atoms with Crippen molar-refractivity contribution in [2.75, 3.05) is 19.3 Å². The van der Waals surface area contributed by atoms with E-state index in [1.165, 1.54) is 11.9 Å². The van der Waals surface area contributed by atoms with Crippen LogP contribution in [0.3, 0.4) is 0 Å². The lowest BCUT2D eigenvalue weighted by atomic mass is 10.1. The van der Waals surface area contributed by atoms with Crippen molar-refractivity contribution >= 4 is 32.8 Å². The Labute approximate surface area is 134 Å². The SMILES string of the molecule is C/C=C(\C(=N)c1cc2c(s1)C(=O)N(C)CCS2(=O)=O)C(F)(F)F. The summed E-state index contributed by atoms with van der Waals surface area (Å²) < 4.78 is 63.0. The van der Waals surface area contributed by atoms with Gasteiger partial charge in [-0.05, 0) is 13.0 Å². The van der Waals surface area contributed by atoms with E-state index in [1.807, 2.05) is 0 Å². The van der Waals surface area contributed by atoms with Gasteiger partial charge in [-0.15, -0.1) is 11.3 Å². The summed E-state index contributed by atoms with van der Waals surface area (Å²) in [6, 6.07) is 0.990. The summed E-state index contributed by atoms with van der Waals surface area (Å²) in [4.78, 5) is 12.7. The number of carbonyl (C=O) groups excluding carboxylic acids is 1. The molecule has 0 radical (unpaired) electrons. The average molecular weight is 366 g/mol. The standard InChI is InChI=1S/C13H13F3N2O3S2/c1-3-7(13(14,15)16)10(17)8-6-9-11(22-8)12(19)18(2)4-5-23(9,20)21/h3,6,17H,4-5H2,1-2H3/b7-3+,17-10?. The number of amides is 1. The minimum absolute atomic E-state index is 0.0119. The first-order chi connectivity index (χ1) is 10.5. The summed E-state index contributed by atoms with van der Waals surface area (Å²) in [7, 11) is -2.35. The second-order valence-corrected chi connectivity index (χ2v) is 8.05. The van der Waals surface area contributed by atoms with E-state index in [0.29, 0.717) is 11.3 Å². The molecular formula is C13H13F3N2O3S2. The smallest absolute Gasteiger partial charge is 0.340 e. The molecular weight excluding hydrogens is 353 g/mol. The van der Waals surface area contributed by atoms with Gasteiger partial charge in [0.05, 0.1) is 26.8 Å². The Balaban J connectivity index is 2.59. The number of carbonyl (C=O) groups is 1. The molecule has 0 saturated heterocycles. The van der Waals surface area contributed by atoms with Crippen LogP contribution < -0.4 is 0 Å². The van der Waals surface area contributed by atoms with Crippen LogP contribution in [0.25, 0.3) is 0 Å². The van der Waals surface area contributed by atoms with Crippen LogP contribution in [0.4, 0.5) is 13.2 Å². The highest BCUT2D eigenvalue weighted by molar-refractivity contribution is 7.91. The number of sulfone groups is 1. The zero-order valence-electron chi connectivity index (χ0n) is 12.2. The fraction of sp³-hybridized carbons (Fsp3) is 0.385. The lowest BCUT2D eigenvalue weighted by molar-refractivity contribution is -0.0861. The van der Waals surface area contributed by atoms with Crippen molar-refractivity contribution in [3.8, 4) is 0 Å². The van der Waals surface area contributed by atoms with Gasteiger partial charge in [-0.1, -0.05) is 6.08 Å². The highest BCUT2D eigenvalue weighted by atomic mass is 32.2. The van der Waals surface area contributed by atoms with Gasteiger partial charge in [0.15, 0.2) is 9.84 Å². The molecule has 0 bridgehead atoms. The molecule has 0 aliphatic carbocycles. The monoisotopic (exact) mass is 366 g/mol. The maximum atomic E-state index is 12.9. The Morgan fingerprint density at radius 3 is 2.57 bits per heavy atom. The first kappa shape index (κ1) is 17.7. The van der Waals surface area contributed by atoms with Gasteiger partial charge >= 0.3 is 6.18 Å². The van der Waals surface area contributed by atoms with Crippen molar-refractivity contribution in [3.05, 3.63) is 27.5 Å². The molecule has 126 valence electrons. The zero-order chi connectivity index (χ0) is 17.6. The third-order valence-corrected chi connectivity index (χ3v) is 6.36. The molecule has 1 aliphatic rings. The molecule has 0 aromatic carbocycles. The van der Waals surface area contributed by atoms with Crippen LogP contribution in [0.15, 0.2) is 22.6 Å². The fourth-order valence-corrected chi connectivity index (χ4v) is 5.10. The average Bonchev–Trinajstić information content (AvgIpc) is 2.86. The second-order valence-electron chi connectivity index (χ2n) is 4.92. The molecule has 0 saturated carbocycles. The van der Waals surface area contributed by atoms with Crippen LogP contribution in [0.1, 0.15) is 21.5 Å². The normalized spacial score (nSPS) is 18.6. The van der Waals surface area contributed by atoms with Gasteiger partial charge in [-0.2, -0.15) is 13.2 Å². The van der Waals surface area contributed by atoms with Crippen molar-refractivity contribution in [1.29, 1.82) is 5.41 Å². The maximum absolute atomic E-state index is 12.9. The molecule has 0 atom stereocenters. The zero-order valence-corrected chi connectivity index (χ0v) is 13.8. The van der Waals surface area contributed by atoms with E-state index >= 15 is 0 Å². The van der Waals surface area contributed by atoms with Crippen molar-refractivity contribution < 1.29 is 26.4 Å². The molecule has 1 aromatic heterocycles. The van der Waals surface area contributed by atoms with E-state index in [4.69, 9.17) is 5.41 Å². The first-order valence-electron chi connectivity index (χ1n) is 6.44. The van der Waals surface area contributed by atoms with Crippen LogP contribution >= 0.6 is 11.3 Å². The molecule has 5 nitrogen and oxygen atoms in total. The number of alkyl halides is 3. The van der Waals surface area contributed by atoms with E-state index in [0.717, 1.165) is 19.1 Å². The molecule has 1 aliphatic heterocycles. The molecule has 0 unspecified atom stereocenters. The highest BCUT2D eigenvalue weighted by Crippen LogP contribution is 2.35. The van der Waals surface area contributed by atoms with E-state index in [9.17, 15) is 26.4 Å². The molecule has 1 aromatic rings. The Hall–Kier alpha value is -1.68. The van der Waals surface area contributed by atoms with Crippen LogP contribution in [-0.4, -0.2) is 50.5 Å². The number of hydrogen-bond acceptors (Lipinski definition) is 5. The van der Waals surface area contributed by atoms with Crippen LogP contribution in [0.5, 0.6) is 0 Å². The number of thiophene rings is 1. The topological polar surface area (TPSA) is 78.3 Å². The van der Waals surface area contributed by atoms with E-state index < -0.39 is 33.2 Å². The summed E-state index contributed by atoms with van der Waals surface area (Å²) in [6.07, 6.45) is -3.98. The molecule has 0 spiro atoms. The van der Waals surface area contributed by atoms with Gasteiger partial charge in [0.1, 0.15) is 4.88 Å². The van der Waals surface area contributed by atoms with Crippen LogP contribution in [0, 0.1) is 5.41 Å². The Morgan fingerprint density at radius 1 is 1.43 bits per heavy atom.